The molecule has 1 nitrogen and oxygen atoms in total. The Labute approximate surface area is 74.9 Å². The van der Waals surface area contributed by atoms with Gasteiger partial charge in [0, 0.05) is 11.5 Å². The summed E-state index contributed by atoms with van der Waals surface area (Å²) < 4.78 is 13.3. The molecule has 0 amide bonds. The fourth-order valence-electron chi connectivity index (χ4n) is 0.554. The third-order valence-corrected chi connectivity index (χ3v) is 2.18. The van der Waals surface area contributed by atoms with E-state index in [1.165, 1.54) is 0 Å². The number of nitrogens with zero attached hydrogens (tertiary/aromatic N) is 1. The topological polar surface area (TPSA) is 12.9 Å². The first-order chi connectivity index (χ1) is 4.75. The molecule has 0 aromatic carbocycles. The van der Waals surface area contributed by atoms with Crippen LogP contribution in [-0.2, 0) is 5.33 Å². The van der Waals surface area contributed by atoms with Crippen molar-refractivity contribution < 1.29 is 4.39 Å². The maximum atomic E-state index is 12.9. The summed E-state index contributed by atoms with van der Waals surface area (Å²) >= 11 is 6.17. The van der Waals surface area contributed by atoms with E-state index in [9.17, 15) is 4.39 Å². The van der Waals surface area contributed by atoms with Gasteiger partial charge in [0.2, 0.25) is 0 Å². The van der Waals surface area contributed by atoms with Gasteiger partial charge in [-0.1, -0.05) is 15.9 Å². The van der Waals surface area contributed by atoms with Crippen LogP contribution in [0.5, 0.6) is 0 Å². The van der Waals surface area contributed by atoms with Gasteiger partial charge in [0.05, 0.1) is 10.2 Å². The highest BCUT2D eigenvalue weighted by atomic mass is 79.9. The van der Waals surface area contributed by atoms with Crippen LogP contribution >= 0.6 is 31.9 Å². The molecule has 0 spiro atoms. The molecule has 0 radical (unpaired) electrons. The van der Waals surface area contributed by atoms with E-state index in [2.05, 4.69) is 36.8 Å². The third-order valence-electron chi connectivity index (χ3n) is 1.04. The number of aromatic nitrogens is 1. The van der Waals surface area contributed by atoms with Gasteiger partial charge in [-0.3, -0.25) is 4.98 Å². The fourth-order valence-corrected chi connectivity index (χ4v) is 1.29. The summed E-state index contributed by atoms with van der Waals surface area (Å²) in [6.45, 7) is 0. The molecule has 54 valence electrons. The van der Waals surface area contributed by atoms with Crippen molar-refractivity contribution in [3.05, 3.63) is 28.2 Å². The second-order valence-corrected chi connectivity index (χ2v) is 3.10. The van der Waals surface area contributed by atoms with Gasteiger partial charge in [-0.2, -0.15) is 0 Å². The van der Waals surface area contributed by atoms with Crippen LogP contribution in [0.1, 0.15) is 5.69 Å². The largest absolute Gasteiger partial charge is 0.257 e. The van der Waals surface area contributed by atoms with Gasteiger partial charge < -0.3 is 0 Å². The van der Waals surface area contributed by atoms with Crippen molar-refractivity contribution >= 4 is 31.9 Å². The number of pyridine rings is 1. The van der Waals surface area contributed by atoms with Crippen LogP contribution in [0.4, 0.5) is 4.39 Å². The lowest BCUT2D eigenvalue weighted by molar-refractivity contribution is 0.602. The second kappa shape index (κ2) is 3.44. The summed E-state index contributed by atoms with van der Waals surface area (Å²) in [5.74, 6) is -0.292. The van der Waals surface area contributed by atoms with Crippen molar-refractivity contribution in [3.63, 3.8) is 0 Å². The molecule has 1 rings (SSSR count). The van der Waals surface area contributed by atoms with E-state index in [0.717, 1.165) is 0 Å². The minimum absolute atomic E-state index is 0.292. The first-order valence-corrected chi connectivity index (χ1v) is 4.52. The molecule has 0 atom stereocenters. The summed E-state index contributed by atoms with van der Waals surface area (Å²) in [7, 11) is 0. The first kappa shape index (κ1) is 8.14. The van der Waals surface area contributed by atoms with Crippen LogP contribution in [0.25, 0.3) is 0 Å². The zero-order valence-corrected chi connectivity index (χ0v) is 8.11. The minimum Gasteiger partial charge on any atom is -0.257 e. The average Bonchev–Trinajstić information content (AvgIpc) is 1.95. The van der Waals surface area contributed by atoms with Gasteiger partial charge in [-0.25, -0.2) is 4.39 Å². The second-order valence-electron chi connectivity index (χ2n) is 1.69. The van der Waals surface area contributed by atoms with Crippen molar-refractivity contribution in [1.29, 1.82) is 0 Å². The molecule has 0 N–H and O–H groups in total. The minimum atomic E-state index is -0.292. The smallest absolute Gasteiger partial charge is 0.159 e. The molecule has 0 saturated carbocycles. The van der Waals surface area contributed by atoms with Crippen LogP contribution in [0, 0.1) is 5.82 Å². The summed E-state index contributed by atoms with van der Waals surface area (Å²) in [5.41, 5.74) is 0.425. The molecule has 0 unspecified atom stereocenters. The summed E-state index contributed by atoms with van der Waals surface area (Å²) in [6.07, 6.45) is 1.56. The Balaban J connectivity index is 3.14. The molecule has 0 aliphatic heterocycles. The summed E-state index contributed by atoms with van der Waals surface area (Å²) in [4.78, 5) is 3.81. The molecule has 4 heteroatoms. The Morgan fingerprint density at radius 2 is 2.30 bits per heavy atom. The molecule has 0 aliphatic rings. The summed E-state index contributed by atoms with van der Waals surface area (Å²) in [5, 5.41) is 0.443. The fraction of sp³-hybridized carbons (Fsp3) is 0.167. The standard InChI is InChI=1S/C6H4Br2FN/c7-3-5-6(9)4(8)1-2-10-5/h1-2H,3H2. The first-order valence-electron chi connectivity index (χ1n) is 2.60. The molecule has 1 aromatic heterocycles. The predicted molar refractivity (Wildman–Crippen MR) is 44.5 cm³/mol. The van der Waals surface area contributed by atoms with E-state index < -0.39 is 0 Å². The van der Waals surface area contributed by atoms with Crippen LogP contribution in [0.3, 0.4) is 0 Å². The number of hydrogen-bond donors (Lipinski definition) is 0. The van der Waals surface area contributed by atoms with Gasteiger partial charge in [-0.05, 0) is 22.0 Å². The quantitative estimate of drug-likeness (QED) is 0.714. The van der Waals surface area contributed by atoms with Crippen molar-refractivity contribution in [2.45, 2.75) is 5.33 Å². The maximum Gasteiger partial charge on any atom is 0.159 e. The van der Waals surface area contributed by atoms with E-state index in [-0.39, 0.29) is 5.82 Å². The highest BCUT2D eigenvalue weighted by Gasteiger charge is 2.04. The van der Waals surface area contributed by atoms with E-state index in [4.69, 9.17) is 0 Å². The number of halogens is 3. The molecule has 0 fully saturated rings. The molecule has 0 aliphatic carbocycles. The molecular weight excluding hydrogens is 265 g/mol. The van der Waals surface area contributed by atoms with Crippen molar-refractivity contribution in [3.8, 4) is 0 Å². The van der Waals surface area contributed by atoms with Crippen LogP contribution in [0.15, 0.2) is 16.7 Å². The lowest BCUT2D eigenvalue weighted by Gasteiger charge is -1.97. The normalized spacial score (nSPS) is 9.90. The number of rotatable bonds is 1. The van der Waals surface area contributed by atoms with Crippen molar-refractivity contribution in [1.82, 2.24) is 4.98 Å². The zero-order valence-electron chi connectivity index (χ0n) is 4.94. The Kier molecular flexibility index (Phi) is 2.80. The van der Waals surface area contributed by atoms with E-state index in [1.807, 2.05) is 0 Å². The van der Waals surface area contributed by atoms with Crippen molar-refractivity contribution in [2.24, 2.45) is 0 Å². The summed E-state index contributed by atoms with van der Waals surface area (Å²) in [6, 6.07) is 1.57. The molecule has 1 heterocycles. The Morgan fingerprint density at radius 1 is 1.60 bits per heavy atom. The van der Waals surface area contributed by atoms with Gasteiger partial charge in [0.25, 0.3) is 0 Å². The zero-order chi connectivity index (χ0) is 7.56. The predicted octanol–water partition coefficient (Wildman–Crippen LogP) is 2.88. The Hall–Kier alpha value is 0.0400. The van der Waals surface area contributed by atoms with E-state index in [1.54, 1.807) is 12.3 Å². The number of hydrogen-bond acceptors (Lipinski definition) is 1. The van der Waals surface area contributed by atoms with Gasteiger partial charge in [0.1, 0.15) is 0 Å². The SMILES string of the molecule is Fc1c(Br)ccnc1CBr. The van der Waals surface area contributed by atoms with Gasteiger partial charge in [0.15, 0.2) is 5.82 Å². The molecule has 10 heavy (non-hydrogen) atoms. The lowest BCUT2D eigenvalue weighted by atomic mass is 10.4. The third kappa shape index (κ3) is 1.55. The molecular formula is C6H4Br2FN. The van der Waals surface area contributed by atoms with Crippen LogP contribution in [-0.4, -0.2) is 4.98 Å². The number of alkyl halides is 1. The monoisotopic (exact) mass is 267 g/mol. The highest BCUT2D eigenvalue weighted by molar-refractivity contribution is 9.10. The molecule has 1 aromatic rings. The average molecular weight is 269 g/mol. The van der Waals surface area contributed by atoms with Crippen LogP contribution < -0.4 is 0 Å². The van der Waals surface area contributed by atoms with E-state index in [0.29, 0.717) is 15.5 Å². The Bertz CT molecular complexity index is 239. The van der Waals surface area contributed by atoms with Crippen molar-refractivity contribution in [2.75, 3.05) is 0 Å². The lowest BCUT2D eigenvalue weighted by Crippen LogP contribution is -1.90. The van der Waals surface area contributed by atoms with Crippen LogP contribution in [0.2, 0.25) is 0 Å². The van der Waals surface area contributed by atoms with Gasteiger partial charge in [-0.15, -0.1) is 0 Å². The van der Waals surface area contributed by atoms with E-state index >= 15 is 0 Å². The molecule has 0 saturated heterocycles. The maximum absolute atomic E-state index is 12.9. The van der Waals surface area contributed by atoms with Gasteiger partial charge >= 0.3 is 0 Å². The highest BCUT2D eigenvalue weighted by Crippen LogP contribution is 2.17. The molecule has 0 bridgehead atoms. The Morgan fingerprint density at radius 3 is 2.80 bits per heavy atom.